The Morgan fingerprint density at radius 2 is 2.11 bits per heavy atom. The Labute approximate surface area is 111 Å². The lowest BCUT2D eigenvalue weighted by atomic mass is 10.1. The van der Waals surface area contributed by atoms with Gasteiger partial charge in [0.05, 0.1) is 6.61 Å². The van der Waals surface area contributed by atoms with E-state index in [4.69, 9.17) is 9.47 Å². The van der Waals surface area contributed by atoms with Crippen molar-refractivity contribution in [2.45, 2.75) is 6.92 Å². The SMILES string of the molecule is COCCNC(=O)COC(=O)c1cccc(C)c1O. The number of phenolic OH excluding ortho intramolecular Hbond substituents is 1. The zero-order valence-electron chi connectivity index (χ0n) is 10.9. The van der Waals surface area contributed by atoms with Crippen molar-refractivity contribution in [1.82, 2.24) is 5.32 Å². The summed E-state index contributed by atoms with van der Waals surface area (Å²) < 4.78 is 9.57. The predicted octanol–water partition coefficient (Wildman–Crippen LogP) is 0.620. The number of phenols is 1. The Balaban J connectivity index is 2.47. The molecule has 1 aromatic carbocycles. The van der Waals surface area contributed by atoms with Crippen molar-refractivity contribution < 1.29 is 24.2 Å². The average molecular weight is 267 g/mol. The first-order chi connectivity index (χ1) is 9.06. The Hall–Kier alpha value is -2.08. The number of rotatable bonds is 6. The van der Waals surface area contributed by atoms with Crippen molar-refractivity contribution in [2.24, 2.45) is 0 Å². The van der Waals surface area contributed by atoms with Gasteiger partial charge in [-0.05, 0) is 18.6 Å². The number of para-hydroxylation sites is 1. The summed E-state index contributed by atoms with van der Waals surface area (Å²) in [6.07, 6.45) is 0. The lowest BCUT2D eigenvalue weighted by Gasteiger charge is -2.08. The highest BCUT2D eigenvalue weighted by molar-refractivity contribution is 5.94. The number of ether oxygens (including phenoxy) is 2. The van der Waals surface area contributed by atoms with Crippen LogP contribution in [0.15, 0.2) is 18.2 Å². The third-order valence-electron chi connectivity index (χ3n) is 2.42. The number of nitrogens with one attached hydrogen (secondary N) is 1. The Bertz CT molecular complexity index is 458. The molecule has 0 atom stereocenters. The molecule has 19 heavy (non-hydrogen) atoms. The molecule has 0 saturated carbocycles. The highest BCUT2D eigenvalue weighted by Crippen LogP contribution is 2.21. The molecular weight excluding hydrogens is 250 g/mol. The summed E-state index contributed by atoms with van der Waals surface area (Å²) in [6, 6.07) is 4.74. The van der Waals surface area contributed by atoms with Crippen LogP contribution in [0.4, 0.5) is 0 Å². The Kier molecular flexibility index (Phi) is 5.81. The molecule has 0 aromatic heterocycles. The van der Waals surface area contributed by atoms with Crippen LogP contribution in [-0.2, 0) is 14.3 Å². The first-order valence-corrected chi connectivity index (χ1v) is 5.77. The number of amides is 1. The smallest absolute Gasteiger partial charge is 0.342 e. The molecule has 0 saturated heterocycles. The van der Waals surface area contributed by atoms with Crippen LogP contribution in [0.3, 0.4) is 0 Å². The first-order valence-electron chi connectivity index (χ1n) is 5.77. The lowest BCUT2D eigenvalue weighted by molar-refractivity contribution is -0.124. The van der Waals surface area contributed by atoms with Gasteiger partial charge in [0, 0.05) is 13.7 Å². The molecule has 1 amide bonds. The number of hydrogen-bond acceptors (Lipinski definition) is 5. The van der Waals surface area contributed by atoms with Crippen LogP contribution >= 0.6 is 0 Å². The van der Waals surface area contributed by atoms with Gasteiger partial charge in [-0.3, -0.25) is 4.79 Å². The number of carbonyl (C=O) groups is 2. The van der Waals surface area contributed by atoms with E-state index in [0.29, 0.717) is 18.7 Å². The number of carbonyl (C=O) groups excluding carboxylic acids is 2. The van der Waals surface area contributed by atoms with Gasteiger partial charge in [-0.25, -0.2) is 4.79 Å². The maximum atomic E-state index is 11.7. The fraction of sp³-hybridized carbons (Fsp3) is 0.385. The van der Waals surface area contributed by atoms with Crippen LogP contribution in [0.25, 0.3) is 0 Å². The second kappa shape index (κ2) is 7.38. The number of aromatic hydroxyl groups is 1. The van der Waals surface area contributed by atoms with E-state index in [1.165, 1.54) is 13.2 Å². The minimum Gasteiger partial charge on any atom is -0.507 e. The first kappa shape index (κ1) is 15.0. The third-order valence-corrected chi connectivity index (χ3v) is 2.42. The molecule has 6 heteroatoms. The van der Waals surface area contributed by atoms with Crippen LogP contribution in [-0.4, -0.2) is 43.9 Å². The molecule has 0 heterocycles. The number of benzene rings is 1. The van der Waals surface area contributed by atoms with Gasteiger partial charge in [-0.2, -0.15) is 0 Å². The van der Waals surface area contributed by atoms with Gasteiger partial charge in [0.1, 0.15) is 11.3 Å². The van der Waals surface area contributed by atoms with Gasteiger partial charge in [0.2, 0.25) is 0 Å². The molecule has 0 unspecified atom stereocenters. The van der Waals surface area contributed by atoms with Crippen molar-refractivity contribution in [3.63, 3.8) is 0 Å². The highest BCUT2D eigenvalue weighted by atomic mass is 16.5. The van der Waals surface area contributed by atoms with E-state index in [1.807, 2.05) is 0 Å². The summed E-state index contributed by atoms with van der Waals surface area (Å²) in [5, 5.41) is 12.2. The normalized spacial score (nSPS) is 10.0. The number of aryl methyl sites for hydroxylation is 1. The van der Waals surface area contributed by atoms with Gasteiger partial charge in [0.25, 0.3) is 5.91 Å². The predicted molar refractivity (Wildman–Crippen MR) is 68.0 cm³/mol. The van der Waals surface area contributed by atoms with E-state index in [2.05, 4.69) is 5.32 Å². The summed E-state index contributed by atoms with van der Waals surface area (Å²) in [7, 11) is 1.52. The molecule has 0 spiro atoms. The van der Waals surface area contributed by atoms with Crippen molar-refractivity contribution in [1.29, 1.82) is 0 Å². The minimum absolute atomic E-state index is 0.0460. The molecule has 104 valence electrons. The van der Waals surface area contributed by atoms with Gasteiger partial charge in [-0.15, -0.1) is 0 Å². The summed E-state index contributed by atoms with van der Waals surface area (Å²) in [4.78, 5) is 23.0. The number of hydrogen-bond donors (Lipinski definition) is 2. The molecule has 2 N–H and O–H groups in total. The fourth-order valence-electron chi connectivity index (χ4n) is 1.38. The molecular formula is C13H17NO5. The van der Waals surface area contributed by atoms with E-state index in [1.54, 1.807) is 19.1 Å². The maximum Gasteiger partial charge on any atom is 0.342 e. The molecule has 0 bridgehead atoms. The minimum atomic E-state index is -0.733. The van der Waals surface area contributed by atoms with Crippen LogP contribution in [0, 0.1) is 6.92 Å². The van der Waals surface area contributed by atoms with Gasteiger partial charge in [-0.1, -0.05) is 12.1 Å². The summed E-state index contributed by atoms with van der Waals surface area (Å²) >= 11 is 0. The van der Waals surface area contributed by atoms with Gasteiger partial charge >= 0.3 is 5.97 Å². The van der Waals surface area contributed by atoms with Crippen molar-refractivity contribution in [2.75, 3.05) is 26.9 Å². The molecule has 0 aliphatic carbocycles. The van der Waals surface area contributed by atoms with E-state index >= 15 is 0 Å². The second-order valence-electron chi connectivity index (χ2n) is 3.89. The van der Waals surface area contributed by atoms with Gasteiger partial charge < -0.3 is 19.9 Å². The number of esters is 1. The maximum absolute atomic E-state index is 11.7. The lowest BCUT2D eigenvalue weighted by Crippen LogP contribution is -2.31. The molecule has 0 aliphatic rings. The monoisotopic (exact) mass is 267 g/mol. The quantitative estimate of drug-likeness (QED) is 0.583. The van der Waals surface area contributed by atoms with E-state index in [0.717, 1.165) is 0 Å². The van der Waals surface area contributed by atoms with Crippen molar-refractivity contribution in [3.8, 4) is 5.75 Å². The van der Waals surface area contributed by atoms with E-state index < -0.39 is 18.5 Å². The molecule has 0 aliphatic heterocycles. The Morgan fingerprint density at radius 1 is 1.37 bits per heavy atom. The topological polar surface area (TPSA) is 84.9 Å². The van der Waals surface area contributed by atoms with Crippen molar-refractivity contribution in [3.05, 3.63) is 29.3 Å². The van der Waals surface area contributed by atoms with Crippen LogP contribution in [0.5, 0.6) is 5.75 Å². The molecule has 6 nitrogen and oxygen atoms in total. The third kappa shape index (κ3) is 4.59. The van der Waals surface area contributed by atoms with Crippen molar-refractivity contribution >= 4 is 11.9 Å². The van der Waals surface area contributed by atoms with E-state index in [-0.39, 0.29) is 11.3 Å². The van der Waals surface area contributed by atoms with E-state index in [9.17, 15) is 14.7 Å². The van der Waals surface area contributed by atoms with Crippen LogP contribution in [0.2, 0.25) is 0 Å². The second-order valence-corrected chi connectivity index (χ2v) is 3.89. The Morgan fingerprint density at radius 3 is 2.79 bits per heavy atom. The number of methoxy groups -OCH3 is 1. The zero-order valence-corrected chi connectivity index (χ0v) is 10.9. The average Bonchev–Trinajstić information content (AvgIpc) is 2.39. The summed E-state index contributed by atoms with van der Waals surface area (Å²) in [6.45, 7) is 2.01. The summed E-state index contributed by atoms with van der Waals surface area (Å²) in [5.41, 5.74) is 0.615. The van der Waals surface area contributed by atoms with Crippen LogP contribution < -0.4 is 5.32 Å². The van der Waals surface area contributed by atoms with Crippen LogP contribution in [0.1, 0.15) is 15.9 Å². The van der Waals surface area contributed by atoms with Gasteiger partial charge in [0.15, 0.2) is 6.61 Å². The molecule has 0 fully saturated rings. The molecule has 0 radical (unpaired) electrons. The largest absolute Gasteiger partial charge is 0.507 e. The molecule has 1 rings (SSSR count). The summed E-state index contributed by atoms with van der Waals surface area (Å²) in [5.74, 6) is -1.28. The fourth-order valence-corrected chi connectivity index (χ4v) is 1.38. The highest BCUT2D eigenvalue weighted by Gasteiger charge is 2.15. The standard InChI is InChI=1S/C13H17NO5/c1-9-4-3-5-10(12(9)16)13(17)19-8-11(15)14-6-7-18-2/h3-5,16H,6-8H2,1-2H3,(H,14,15). The molecule has 1 aromatic rings. The zero-order chi connectivity index (χ0) is 14.3.